The van der Waals surface area contributed by atoms with Gasteiger partial charge in [-0.15, -0.1) is 11.3 Å². The van der Waals surface area contributed by atoms with Gasteiger partial charge in [-0.05, 0) is 55.3 Å². The second-order valence-corrected chi connectivity index (χ2v) is 8.00. The number of carbonyl (C=O) groups is 1. The van der Waals surface area contributed by atoms with Crippen LogP contribution in [0.4, 0.5) is 26.4 Å². The quantitative estimate of drug-likeness (QED) is 0.393. The Hall–Kier alpha value is -3.45. The maximum atomic E-state index is 13.8. The summed E-state index contributed by atoms with van der Waals surface area (Å²) >= 11 is 1.67. The average Bonchev–Trinajstić information content (AvgIpc) is 3.02. The molecule has 146 valence electrons. The van der Waals surface area contributed by atoms with Crippen LogP contribution < -0.4 is 16.4 Å². The smallest absolute Gasteiger partial charge is 0.323 e. The minimum absolute atomic E-state index is 0.141. The number of hydrogen-bond donors (Lipinski definition) is 3. The van der Waals surface area contributed by atoms with E-state index in [0.29, 0.717) is 11.5 Å². The highest BCUT2D eigenvalue weighted by atomic mass is 32.1. The normalized spacial score (nSPS) is 10.9. The van der Waals surface area contributed by atoms with Crippen molar-refractivity contribution in [3.05, 3.63) is 71.0 Å². The number of aryl methyl sites for hydroxylation is 2. The Morgan fingerprint density at radius 1 is 1.07 bits per heavy atom. The number of thiophene rings is 1. The predicted molar refractivity (Wildman–Crippen MR) is 118 cm³/mol. The first-order chi connectivity index (χ1) is 13.9. The van der Waals surface area contributed by atoms with Crippen LogP contribution in [0, 0.1) is 19.7 Å². The van der Waals surface area contributed by atoms with E-state index in [1.807, 2.05) is 25.1 Å². The van der Waals surface area contributed by atoms with Gasteiger partial charge < -0.3 is 16.4 Å². The van der Waals surface area contributed by atoms with E-state index in [9.17, 15) is 9.18 Å². The third kappa shape index (κ3) is 3.77. The Morgan fingerprint density at radius 2 is 1.83 bits per heavy atom. The first kappa shape index (κ1) is 18.9. The molecule has 2 aromatic heterocycles. The van der Waals surface area contributed by atoms with Crippen molar-refractivity contribution in [1.29, 1.82) is 0 Å². The standard InChI is InChI=1S/C22H19FN4OS/c1-12-3-8-16(23)17(11-12)27-22(28)26-15-6-4-14(5-7-15)19-13(2)29-18-9-10-25-21(24)20(18)19/h3-11H,1-2H3,(H2,24,25)(H2,26,27,28). The van der Waals surface area contributed by atoms with Crippen LogP contribution in [0.15, 0.2) is 54.7 Å². The highest BCUT2D eigenvalue weighted by Gasteiger charge is 2.14. The van der Waals surface area contributed by atoms with Gasteiger partial charge in [0, 0.05) is 32.4 Å². The van der Waals surface area contributed by atoms with Crippen molar-refractivity contribution in [3.63, 3.8) is 0 Å². The second kappa shape index (κ2) is 7.52. The van der Waals surface area contributed by atoms with Crippen molar-refractivity contribution < 1.29 is 9.18 Å². The molecule has 0 saturated carbocycles. The number of nitrogens with zero attached hydrogens (tertiary/aromatic N) is 1. The summed E-state index contributed by atoms with van der Waals surface area (Å²) in [6.45, 7) is 3.88. The maximum absolute atomic E-state index is 13.8. The lowest BCUT2D eigenvalue weighted by molar-refractivity contribution is 0.262. The monoisotopic (exact) mass is 406 g/mol. The molecule has 2 heterocycles. The summed E-state index contributed by atoms with van der Waals surface area (Å²) in [5, 5.41) is 6.20. The number of nitrogen functional groups attached to an aromatic ring is 1. The van der Waals surface area contributed by atoms with E-state index in [1.165, 1.54) is 6.07 Å². The summed E-state index contributed by atoms with van der Waals surface area (Å²) in [4.78, 5) is 17.6. The summed E-state index contributed by atoms with van der Waals surface area (Å²) in [5.74, 6) is 0.0238. The van der Waals surface area contributed by atoms with E-state index in [0.717, 1.165) is 31.7 Å². The Bertz CT molecular complexity index is 1220. The molecule has 0 aliphatic carbocycles. The lowest BCUT2D eigenvalue weighted by Gasteiger charge is -2.10. The van der Waals surface area contributed by atoms with Gasteiger partial charge in [0.25, 0.3) is 0 Å². The maximum Gasteiger partial charge on any atom is 0.323 e. The number of pyridine rings is 1. The van der Waals surface area contributed by atoms with Gasteiger partial charge in [-0.25, -0.2) is 14.2 Å². The average molecular weight is 406 g/mol. The van der Waals surface area contributed by atoms with Crippen LogP contribution in [0.1, 0.15) is 10.4 Å². The molecule has 4 N–H and O–H groups in total. The molecule has 0 fully saturated rings. The zero-order valence-corrected chi connectivity index (χ0v) is 16.7. The molecule has 0 atom stereocenters. The fourth-order valence-electron chi connectivity index (χ4n) is 3.28. The molecule has 29 heavy (non-hydrogen) atoms. The van der Waals surface area contributed by atoms with Crippen LogP contribution >= 0.6 is 11.3 Å². The van der Waals surface area contributed by atoms with Crippen LogP contribution in [0.25, 0.3) is 21.2 Å². The van der Waals surface area contributed by atoms with E-state index >= 15 is 0 Å². The van der Waals surface area contributed by atoms with Gasteiger partial charge in [-0.1, -0.05) is 18.2 Å². The fourth-order valence-corrected chi connectivity index (χ4v) is 4.36. The Kier molecular flexibility index (Phi) is 4.90. The number of nitrogens with two attached hydrogens (primary N) is 1. The van der Waals surface area contributed by atoms with E-state index in [4.69, 9.17) is 5.73 Å². The molecular formula is C22H19FN4OS. The Morgan fingerprint density at radius 3 is 2.59 bits per heavy atom. The molecule has 0 radical (unpaired) electrons. The number of hydrogen-bond acceptors (Lipinski definition) is 4. The molecular weight excluding hydrogens is 387 g/mol. The largest absolute Gasteiger partial charge is 0.383 e. The Labute approximate surface area is 171 Å². The zero-order chi connectivity index (χ0) is 20.5. The predicted octanol–water partition coefficient (Wildman–Crippen LogP) is 5.95. The van der Waals surface area contributed by atoms with Crippen molar-refractivity contribution in [2.24, 2.45) is 0 Å². The first-order valence-electron chi connectivity index (χ1n) is 9.00. The number of benzene rings is 2. The van der Waals surface area contributed by atoms with Crippen LogP contribution in [0.2, 0.25) is 0 Å². The van der Waals surface area contributed by atoms with Gasteiger partial charge in [0.1, 0.15) is 11.6 Å². The van der Waals surface area contributed by atoms with Gasteiger partial charge in [0.15, 0.2) is 0 Å². The number of carbonyl (C=O) groups excluding carboxylic acids is 1. The highest BCUT2D eigenvalue weighted by molar-refractivity contribution is 7.19. The molecule has 5 nitrogen and oxygen atoms in total. The number of urea groups is 1. The van der Waals surface area contributed by atoms with Crippen molar-refractivity contribution in [1.82, 2.24) is 4.98 Å². The lowest BCUT2D eigenvalue weighted by Crippen LogP contribution is -2.20. The zero-order valence-electron chi connectivity index (χ0n) is 15.9. The van der Waals surface area contributed by atoms with E-state index < -0.39 is 11.8 Å². The third-order valence-corrected chi connectivity index (χ3v) is 5.68. The fraction of sp³-hybridized carbons (Fsp3) is 0.0909. The van der Waals surface area contributed by atoms with Crippen molar-refractivity contribution in [2.45, 2.75) is 13.8 Å². The van der Waals surface area contributed by atoms with Crippen LogP contribution in [-0.2, 0) is 0 Å². The SMILES string of the molecule is Cc1ccc(F)c(NC(=O)Nc2ccc(-c3c(C)sc4ccnc(N)c34)cc2)c1. The topological polar surface area (TPSA) is 80.0 Å². The first-order valence-corrected chi connectivity index (χ1v) is 9.82. The van der Waals surface area contributed by atoms with Crippen LogP contribution in [0.5, 0.6) is 0 Å². The molecule has 0 saturated heterocycles. The molecule has 0 bridgehead atoms. The summed E-state index contributed by atoms with van der Waals surface area (Å²) in [7, 11) is 0. The molecule has 0 unspecified atom stereocenters. The van der Waals surface area contributed by atoms with Crippen molar-refractivity contribution in [2.75, 3.05) is 16.4 Å². The minimum Gasteiger partial charge on any atom is -0.383 e. The van der Waals surface area contributed by atoms with Gasteiger partial charge in [0.2, 0.25) is 0 Å². The van der Waals surface area contributed by atoms with Crippen LogP contribution in [-0.4, -0.2) is 11.0 Å². The highest BCUT2D eigenvalue weighted by Crippen LogP contribution is 2.40. The number of anilines is 3. The second-order valence-electron chi connectivity index (χ2n) is 6.74. The van der Waals surface area contributed by atoms with Gasteiger partial charge in [-0.2, -0.15) is 0 Å². The summed E-state index contributed by atoms with van der Waals surface area (Å²) < 4.78 is 14.9. The summed E-state index contributed by atoms with van der Waals surface area (Å²) in [6.07, 6.45) is 1.71. The number of rotatable bonds is 3. The molecule has 0 spiro atoms. The summed E-state index contributed by atoms with van der Waals surface area (Å²) in [5.41, 5.74) is 9.74. The van der Waals surface area contributed by atoms with E-state index in [1.54, 1.807) is 41.8 Å². The molecule has 4 rings (SSSR count). The van der Waals surface area contributed by atoms with E-state index in [2.05, 4.69) is 22.5 Å². The van der Waals surface area contributed by atoms with Crippen molar-refractivity contribution in [3.8, 4) is 11.1 Å². The van der Waals surface area contributed by atoms with Gasteiger partial charge in [0.05, 0.1) is 5.69 Å². The molecule has 4 aromatic rings. The Balaban J connectivity index is 1.55. The number of fused-ring (bicyclic) bond motifs is 1. The minimum atomic E-state index is -0.507. The number of aromatic nitrogens is 1. The number of halogens is 1. The molecule has 0 aliphatic rings. The molecule has 2 aromatic carbocycles. The van der Waals surface area contributed by atoms with E-state index in [-0.39, 0.29) is 5.69 Å². The molecule has 0 aliphatic heterocycles. The third-order valence-electron chi connectivity index (χ3n) is 4.61. The number of amides is 2. The van der Waals surface area contributed by atoms with Gasteiger partial charge >= 0.3 is 6.03 Å². The molecule has 2 amide bonds. The number of nitrogens with one attached hydrogen (secondary N) is 2. The van der Waals surface area contributed by atoms with Crippen LogP contribution in [0.3, 0.4) is 0 Å². The lowest BCUT2D eigenvalue weighted by atomic mass is 10.0. The summed E-state index contributed by atoms with van der Waals surface area (Å²) in [6, 6.07) is 13.5. The van der Waals surface area contributed by atoms with Gasteiger partial charge in [-0.3, -0.25) is 0 Å². The van der Waals surface area contributed by atoms with Crippen molar-refractivity contribution >= 4 is 44.6 Å². The molecule has 7 heteroatoms.